The minimum atomic E-state index is -3.35. The molecule has 3 aromatic rings. The molecule has 26 heavy (non-hydrogen) atoms. The van der Waals surface area contributed by atoms with Gasteiger partial charge in [-0.3, -0.25) is 9.78 Å². The molecule has 3 rings (SSSR count). The number of hydrogen-bond donors (Lipinski definition) is 1. The molecule has 6 nitrogen and oxygen atoms in total. The fraction of sp³-hybridized carbons (Fsp3) is 0.167. The zero-order valence-electron chi connectivity index (χ0n) is 13.8. The van der Waals surface area contributed by atoms with E-state index in [-0.39, 0.29) is 23.8 Å². The van der Waals surface area contributed by atoms with Crippen molar-refractivity contribution in [3.63, 3.8) is 0 Å². The molecule has 1 N–H and O–H groups in total. The molecular formula is C18H17N3O3S2. The third-order valence-corrected chi connectivity index (χ3v) is 5.93. The number of benzene rings is 1. The normalized spacial score (nSPS) is 11.2. The van der Waals surface area contributed by atoms with Crippen LogP contribution in [0.15, 0.2) is 60.2 Å². The maximum Gasteiger partial charge on any atom is 0.227 e. The standard InChI is InChI=1S/C18H17N3O3S2/c22-17(8-10-26(23,24)13-14-5-2-1-3-6-14)21-18-20-16(12-25-18)15-7-4-9-19-11-15/h1-7,9,11-12H,8,10,13H2,(H,20,21,22). The predicted octanol–water partition coefficient (Wildman–Crippen LogP) is 3.15. The fourth-order valence-electron chi connectivity index (χ4n) is 2.31. The molecule has 0 spiro atoms. The number of aromatic nitrogens is 2. The predicted molar refractivity (Wildman–Crippen MR) is 103 cm³/mol. The van der Waals surface area contributed by atoms with Crippen LogP contribution in [0.4, 0.5) is 5.13 Å². The topological polar surface area (TPSA) is 89.0 Å². The Kier molecular flexibility index (Phi) is 5.75. The first-order valence-corrected chi connectivity index (χ1v) is 10.6. The van der Waals surface area contributed by atoms with Crippen LogP contribution < -0.4 is 5.32 Å². The average molecular weight is 387 g/mol. The second-order valence-corrected chi connectivity index (χ2v) is 8.70. The quantitative estimate of drug-likeness (QED) is 0.673. The molecule has 0 saturated heterocycles. The van der Waals surface area contributed by atoms with E-state index in [1.165, 1.54) is 11.3 Å². The first-order valence-electron chi connectivity index (χ1n) is 7.92. The van der Waals surface area contributed by atoms with Crippen LogP contribution in [0.5, 0.6) is 0 Å². The molecular weight excluding hydrogens is 370 g/mol. The summed E-state index contributed by atoms with van der Waals surface area (Å²) in [5, 5.41) is 4.91. The highest BCUT2D eigenvalue weighted by atomic mass is 32.2. The Morgan fingerprint density at radius 1 is 1.12 bits per heavy atom. The molecule has 134 valence electrons. The molecule has 0 radical (unpaired) electrons. The van der Waals surface area contributed by atoms with Gasteiger partial charge in [0.15, 0.2) is 15.0 Å². The van der Waals surface area contributed by atoms with Crippen molar-refractivity contribution in [1.82, 2.24) is 9.97 Å². The molecule has 2 heterocycles. The molecule has 0 aliphatic rings. The van der Waals surface area contributed by atoms with Crippen molar-refractivity contribution in [3.05, 3.63) is 65.8 Å². The van der Waals surface area contributed by atoms with Gasteiger partial charge in [-0.05, 0) is 17.7 Å². The number of sulfone groups is 1. The van der Waals surface area contributed by atoms with Gasteiger partial charge in [0.1, 0.15) is 0 Å². The number of carbonyl (C=O) groups excluding carboxylic acids is 1. The third-order valence-electron chi connectivity index (χ3n) is 3.58. The molecule has 0 aliphatic heterocycles. The van der Waals surface area contributed by atoms with Crippen molar-refractivity contribution in [3.8, 4) is 11.3 Å². The number of amides is 1. The third kappa shape index (κ3) is 5.21. The van der Waals surface area contributed by atoms with Crippen molar-refractivity contribution in [2.24, 2.45) is 0 Å². The Labute approximate surface area is 155 Å². The summed E-state index contributed by atoms with van der Waals surface area (Å²) in [6.07, 6.45) is 3.27. The number of rotatable bonds is 7. The summed E-state index contributed by atoms with van der Waals surface area (Å²) in [6, 6.07) is 12.6. The van der Waals surface area contributed by atoms with Crippen LogP contribution in [0, 0.1) is 0 Å². The summed E-state index contributed by atoms with van der Waals surface area (Å²) in [7, 11) is -3.35. The van der Waals surface area contributed by atoms with Gasteiger partial charge in [0.05, 0.1) is 17.2 Å². The van der Waals surface area contributed by atoms with Gasteiger partial charge in [0.25, 0.3) is 0 Å². The Morgan fingerprint density at radius 2 is 1.92 bits per heavy atom. The molecule has 1 aromatic carbocycles. The van der Waals surface area contributed by atoms with E-state index in [1.807, 2.05) is 23.6 Å². The second kappa shape index (κ2) is 8.20. The van der Waals surface area contributed by atoms with E-state index in [2.05, 4.69) is 15.3 Å². The van der Waals surface area contributed by atoms with Crippen LogP contribution in [0.3, 0.4) is 0 Å². The van der Waals surface area contributed by atoms with Gasteiger partial charge < -0.3 is 5.32 Å². The van der Waals surface area contributed by atoms with Crippen LogP contribution in [0.1, 0.15) is 12.0 Å². The van der Waals surface area contributed by atoms with Crippen LogP contribution >= 0.6 is 11.3 Å². The maximum absolute atomic E-state index is 12.1. The zero-order valence-corrected chi connectivity index (χ0v) is 15.5. The summed E-state index contributed by atoms with van der Waals surface area (Å²) in [5.74, 6) is -0.633. The van der Waals surface area contributed by atoms with Crippen molar-refractivity contribution in [1.29, 1.82) is 0 Å². The highest BCUT2D eigenvalue weighted by Crippen LogP contribution is 2.24. The smallest absolute Gasteiger partial charge is 0.227 e. The highest BCUT2D eigenvalue weighted by Gasteiger charge is 2.15. The van der Waals surface area contributed by atoms with E-state index in [1.54, 1.807) is 36.7 Å². The Bertz CT molecular complexity index is 971. The van der Waals surface area contributed by atoms with Crippen molar-refractivity contribution < 1.29 is 13.2 Å². The van der Waals surface area contributed by atoms with Crippen LogP contribution in [-0.2, 0) is 20.4 Å². The lowest BCUT2D eigenvalue weighted by Gasteiger charge is -2.05. The van der Waals surface area contributed by atoms with E-state index in [4.69, 9.17) is 0 Å². The van der Waals surface area contributed by atoms with Gasteiger partial charge in [-0.25, -0.2) is 13.4 Å². The van der Waals surface area contributed by atoms with E-state index < -0.39 is 9.84 Å². The minimum absolute atomic E-state index is 0.0659. The highest BCUT2D eigenvalue weighted by molar-refractivity contribution is 7.90. The second-order valence-electron chi connectivity index (χ2n) is 5.66. The van der Waals surface area contributed by atoms with Gasteiger partial charge in [0, 0.05) is 29.8 Å². The number of nitrogens with zero attached hydrogens (tertiary/aromatic N) is 2. The maximum atomic E-state index is 12.1. The summed E-state index contributed by atoms with van der Waals surface area (Å²) >= 11 is 1.29. The summed E-state index contributed by atoms with van der Waals surface area (Å²) in [4.78, 5) is 20.4. The lowest BCUT2D eigenvalue weighted by Crippen LogP contribution is -2.18. The van der Waals surface area contributed by atoms with Gasteiger partial charge in [-0.2, -0.15) is 0 Å². The average Bonchev–Trinajstić information content (AvgIpc) is 3.10. The number of anilines is 1. The lowest BCUT2D eigenvalue weighted by atomic mass is 10.2. The van der Waals surface area contributed by atoms with Crippen molar-refractivity contribution >= 4 is 32.2 Å². The van der Waals surface area contributed by atoms with E-state index in [0.717, 1.165) is 11.3 Å². The largest absolute Gasteiger partial charge is 0.302 e. The number of carbonyl (C=O) groups is 1. The van der Waals surface area contributed by atoms with Crippen molar-refractivity contribution in [2.45, 2.75) is 12.2 Å². The Balaban J connectivity index is 1.54. The summed E-state index contributed by atoms with van der Waals surface area (Å²) in [6.45, 7) is 0. The van der Waals surface area contributed by atoms with Crippen LogP contribution in [0.2, 0.25) is 0 Å². The van der Waals surface area contributed by atoms with Gasteiger partial charge >= 0.3 is 0 Å². The SMILES string of the molecule is O=C(CCS(=O)(=O)Cc1ccccc1)Nc1nc(-c2cccnc2)cs1. The first-order chi connectivity index (χ1) is 12.5. The molecule has 2 aromatic heterocycles. The summed E-state index contributed by atoms with van der Waals surface area (Å²) < 4.78 is 24.3. The first kappa shape index (κ1) is 18.2. The molecule has 0 unspecified atom stereocenters. The van der Waals surface area contributed by atoms with Crippen LogP contribution in [0.25, 0.3) is 11.3 Å². The molecule has 1 amide bonds. The lowest BCUT2D eigenvalue weighted by molar-refractivity contribution is -0.115. The molecule has 8 heteroatoms. The Hall–Kier alpha value is -2.58. The van der Waals surface area contributed by atoms with E-state index in [0.29, 0.717) is 10.7 Å². The molecule has 0 atom stereocenters. The van der Waals surface area contributed by atoms with E-state index >= 15 is 0 Å². The minimum Gasteiger partial charge on any atom is -0.302 e. The van der Waals surface area contributed by atoms with Crippen molar-refractivity contribution in [2.75, 3.05) is 11.1 Å². The molecule has 0 aliphatic carbocycles. The van der Waals surface area contributed by atoms with Crippen LogP contribution in [-0.4, -0.2) is 30.0 Å². The van der Waals surface area contributed by atoms with E-state index in [9.17, 15) is 13.2 Å². The number of nitrogens with one attached hydrogen (secondary N) is 1. The number of pyridine rings is 1. The van der Waals surface area contributed by atoms with Gasteiger partial charge in [-0.15, -0.1) is 11.3 Å². The zero-order chi connectivity index (χ0) is 18.4. The fourth-order valence-corrected chi connectivity index (χ4v) is 4.39. The Morgan fingerprint density at radius 3 is 2.65 bits per heavy atom. The molecule has 0 bridgehead atoms. The number of hydrogen-bond acceptors (Lipinski definition) is 6. The summed E-state index contributed by atoms with van der Waals surface area (Å²) in [5.41, 5.74) is 2.29. The van der Waals surface area contributed by atoms with Gasteiger partial charge in [0.2, 0.25) is 5.91 Å². The van der Waals surface area contributed by atoms with Gasteiger partial charge in [-0.1, -0.05) is 30.3 Å². The molecule has 0 saturated carbocycles. The monoisotopic (exact) mass is 387 g/mol. The molecule has 0 fully saturated rings. The number of thiazole rings is 1.